The van der Waals surface area contributed by atoms with Crippen molar-refractivity contribution in [2.45, 2.75) is 13.8 Å². The van der Waals surface area contributed by atoms with Crippen molar-refractivity contribution in [2.24, 2.45) is 0 Å². The molecule has 1 aromatic rings. The van der Waals surface area contributed by atoms with Crippen molar-refractivity contribution >= 4 is 11.9 Å². The van der Waals surface area contributed by atoms with Crippen LogP contribution in [0, 0.1) is 6.92 Å². The number of hydrogen-bond donors (Lipinski definition) is 0. The van der Waals surface area contributed by atoms with Crippen molar-refractivity contribution in [1.82, 2.24) is 9.88 Å². The quantitative estimate of drug-likeness (QED) is 0.732. The molecule has 0 aliphatic heterocycles. The van der Waals surface area contributed by atoms with Crippen LogP contribution in [-0.4, -0.2) is 42.0 Å². The molecule has 5 nitrogen and oxygen atoms in total. The highest BCUT2D eigenvalue weighted by molar-refractivity contribution is 5.96. The van der Waals surface area contributed by atoms with E-state index in [2.05, 4.69) is 4.98 Å². The first kappa shape index (κ1) is 13.2. The Kier molecular flexibility index (Phi) is 4.63. The maximum Gasteiger partial charge on any atom is 0.325 e. The second kappa shape index (κ2) is 5.98. The van der Waals surface area contributed by atoms with E-state index in [-0.39, 0.29) is 12.5 Å². The van der Waals surface area contributed by atoms with Crippen LogP contribution in [0.2, 0.25) is 0 Å². The first-order chi connectivity index (χ1) is 8.06. The SMILES string of the molecule is CCOC(=O)CN(C)C(=O)c1cccnc1C. The van der Waals surface area contributed by atoms with Crippen molar-refractivity contribution in [3.05, 3.63) is 29.6 Å². The van der Waals surface area contributed by atoms with Gasteiger partial charge in [0.25, 0.3) is 5.91 Å². The molecule has 0 radical (unpaired) electrons. The first-order valence-corrected chi connectivity index (χ1v) is 5.39. The lowest BCUT2D eigenvalue weighted by Gasteiger charge is -2.16. The highest BCUT2D eigenvalue weighted by atomic mass is 16.5. The van der Waals surface area contributed by atoms with Gasteiger partial charge in [0, 0.05) is 18.9 Å². The number of hydrogen-bond acceptors (Lipinski definition) is 4. The standard InChI is InChI=1S/C12H16N2O3/c1-4-17-11(15)8-14(3)12(16)10-6-5-7-13-9(10)2/h5-7H,4,8H2,1-3H3. The minimum atomic E-state index is -0.412. The molecule has 0 saturated carbocycles. The van der Waals surface area contributed by atoms with E-state index in [1.165, 1.54) is 4.90 Å². The zero-order valence-corrected chi connectivity index (χ0v) is 10.3. The largest absolute Gasteiger partial charge is 0.465 e. The first-order valence-electron chi connectivity index (χ1n) is 5.39. The van der Waals surface area contributed by atoms with Crippen molar-refractivity contribution < 1.29 is 14.3 Å². The molecule has 0 spiro atoms. The van der Waals surface area contributed by atoms with Gasteiger partial charge in [0.15, 0.2) is 0 Å². The third kappa shape index (κ3) is 3.55. The van der Waals surface area contributed by atoms with Crippen LogP contribution in [-0.2, 0) is 9.53 Å². The van der Waals surface area contributed by atoms with Crippen LogP contribution in [0.3, 0.4) is 0 Å². The minimum Gasteiger partial charge on any atom is -0.465 e. The van der Waals surface area contributed by atoms with Crippen LogP contribution in [0.5, 0.6) is 0 Å². The lowest BCUT2D eigenvalue weighted by atomic mass is 10.2. The summed E-state index contributed by atoms with van der Waals surface area (Å²) in [5.74, 6) is -0.645. The van der Waals surface area contributed by atoms with Crippen molar-refractivity contribution in [3.8, 4) is 0 Å². The van der Waals surface area contributed by atoms with E-state index in [9.17, 15) is 9.59 Å². The zero-order valence-electron chi connectivity index (χ0n) is 10.3. The summed E-state index contributed by atoms with van der Waals surface area (Å²) in [5.41, 5.74) is 1.15. The Bertz CT molecular complexity index is 418. The molecule has 0 N–H and O–H groups in total. The van der Waals surface area contributed by atoms with Crippen LogP contribution in [0.4, 0.5) is 0 Å². The number of aromatic nitrogens is 1. The molecule has 5 heteroatoms. The topological polar surface area (TPSA) is 59.5 Å². The molecule has 92 valence electrons. The Morgan fingerprint density at radius 3 is 2.76 bits per heavy atom. The number of nitrogens with zero attached hydrogens (tertiary/aromatic N) is 2. The second-order valence-corrected chi connectivity index (χ2v) is 3.60. The molecule has 0 bridgehead atoms. The molecule has 1 rings (SSSR count). The molecule has 0 aliphatic carbocycles. The number of carbonyl (C=O) groups is 2. The molecule has 1 amide bonds. The van der Waals surface area contributed by atoms with Gasteiger partial charge < -0.3 is 9.64 Å². The van der Waals surface area contributed by atoms with Crippen molar-refractivity contribution in [2.75, 3.05) is 20.2 Å². The van der Waals surface area contributed by atoms with Crippen LogP contribution >= 0.6 is 0 Å². The number of amides is 1. The van der Waals surface area contributed by atoms with Gasteiger partial charge in [-0.2, -0.15) is 0 Å². The molecule has 0 aliphatic rings. The molecule has 17 heavy (non-hydrogen) atoms. The third-order valence-corrected chi connectivity index (χ3v) is 2.26. The number of aryl methyl sites for hydroxylation is 1. The summed E-state index contributed by atoms with van der Waals surface area (Å²) < 4.78 is 4.78. The normalized spacial score (nSPS) is 9.82. The highest BCUT2D eigenvalue weighted by Crippen LogP contribution is 2.06. The molecule has 1 heterocycles. The van der Waals surface area contributed by atoms with Gasteiger partial charge in [-0.15, -0.1) is 0 Å². The Hall–Kier alpha value is -1.91. The Morgan fingerprint density at radius 2 is 2.18 bits per heavy atom. The summed E-state index contributed by atoms with van der Waals surface area (Å²) in [6.07, 6.45) is 1.62. The third-order valence-electron chi connectivity index (χ3n) is 2.26. The molecular formula is C12H16N2O3. The van der Waals surface area contributed by atoms with Gasteiger partial charge in [0.2, 0.25) is 0 Å². The van der Waals surface area contributed by atoms with E-state index in [1.807, 2.05) is 0 Å². The number of carbonyl (C=O) groups excluding carboxylic acids is 2. The molecule has 0 saturated heterocycles. The van der Waals surface area contributed by atoms with Gasteiger partial charge in [0.05, 0.1) is 12.2 Å². The van der Waals surface area contributed by atoms with Crippen LogP contribution in [0.1, 0.15) is 23.0 Å². The van der Waals surface area contributed by atoms with E-state index < -0.39 is 5.97 Å². The average Bonchev–Trinajstić information content (AvgIpc) is 2.29. The van der Waals surface area contributed by atoms with Gasteiger partial charge in [0.1, 0.15) is 6.54 Å². The lowest BCUT2D eigenvalue weighted by Crippen LogP contribution is -2.33. The molecule has 0 aromatic carbocycles. The summed E-state index contributed by atoms with van der Waals surface area (Å²) in [6.45, 7) is 3.74. The summed E-state index contributed by atoms with van der Waals surface area (Å²) in [6, 6.07) is 3.38. The molecule has 0 fully saturated rings. The van der Waals surface area contributed by atoms with Crippen LogP contribution in [0.15, 0.2) is 18.3 Å². The van der Waals surface area contributed by atoms with Gasteiger partial charge in [-0.3, -0.25) is 14.6 Å². The fourth-order valence-electron chi connectivity index (χ4n) is 1.39. The summed E-state index contributed by atoms with van der Waals surface area (Å²) in [7, 11) is 1.56. The summed E-state index contributed by atoms with van der Waals surface area (Å²) >= 11 is 0. The van der Waals surface area contributed by atoms with Gasteiger partial charge in [-0.1, -0.05) is 0 Å². The van der Waals surface area contributed by atoms with Crippen LogP contribution < -0.4 is 0 Å². The number of likely N-dealkylation sites (N-methyl/N-ethyl adjacent to an activating group) is 1. The van der Waals surface area contributed by atoms with Crippen molar-refractivity contribution in [3.63, 3.8) is 0 Å². The minimum absolute atomic E-state index is 0.0546. The zero-order chi connectivity index (χ0) is 12.8. The van der Waals surface area contributed by atoms with E-state index >= 15 is 0 Å². The maximum atomic E-state index is 12.0. The van der Waals surface area contributed by atoms with E-state index in [1.54, 1.807) is 39.2 Å². The van der Waals surface area contributed by atoms with Gasteiger partial charge in [-0.05, 0) is 26.0 Å². The predicted octanol–water partition coefficient (Wildman–Crippen LogP) is 1.03. The van der Waals surface area contributed by atoms with Crippen LogP contribution in [0.25, 0.3) is 0 Å². The fourth-order valence-corrected chi connectivity index (χ4v) is 1.39. The highest BCUT2D eigenvalue weighted by Gasteiger charge is 2.17. The molecule has 0 atom stereocenters. The monoisotopic (exact) mass is 236 g/mol. The lowest BCUT2D eigenvalue weighted by molar-refractivity contribution is -0.143. The Morgan fingerprint density at radius 1 is 1.47 bits per heavy atom. The molecule has 1 aromatic heterocycles. The second-order valence-electron chi connectivity index (χ2n) is 3.60. The van der Waals surface area contributed by atoms with Gasteiger partial charge >= 0.3 is 5.97 Å². The molecule has 0 unspecified atom stereocenters. The Labute approximate surface area is 100 Å². The predicted molar refractivity (Wildman–Crippen MR) is 62.6 cm³/mol. The van der Waals surface area contributed by atoms with Gasteiger partial charge in [-0.25, -0.2) is 0 Å². The van der Waals surface area contributed by atoms with E-state index in [0.29, 0.717) is 17.9 Å². The average molecular weight is 236 g/mol. The number of pyridine rings is 1. The summed E-state index contributed by atoms with van der Waals surface area (Å²) in [5, 5.41) is 0. The maximum absolute atomic E-state index is 12.0. The summed E-state index contributed by atoms with van der Waals surface area (Å²) in [4.78, 5) is 28.6. The number of rotatable bonds is 4. The van der Waals surface area contributed by atoms with Crippen molar-refractivity contribution in [1.29, 1.82) is 0 Å². The smallest absolute Gasteiger partial charge is 0.325 e. The fraction of sp³-hybridized carbons (Fsp3) is 0.417. The Balaban J connectivity index is 2.70. The number of ether oxygens (including phenoxy) is 1. The van der Waals surface area contributed by atoms with E-state index in [4.69, 9.17) is 4.74 Å². The van der Waals surface area contributed by atoms with E-state index in [0.717, 1.165) is 0 Å². The number of esters is 1. The molecular weight excluding hydrogens is 220 g/mol.